The quantitative estimate of drug-likeness (QED) is 0.329. The zero-order chi connectivity index (χ0) is 7.71. The van der Waals surface area contributed by atoms with Crippen LogP contribution in [0.2, 0.25) is 0 Å². The van der Waals surface area contributed by atoms with Gasteiger partial charge in [-0.1, -0.05) is 0 Å². The molecular weight excluding hydrogens is 144 g/mol. The summed E-state index contributed by atoms with van der Waals surface area (Å²) in [5, 5.41) is 0. The Hall–Kier alpha value is -0.400. The van der Waals surface area contributed by atoms with Crippen LogP contribution < -0.4 is 11.6 Å². The molecule has 3 nitrogen and oxygen atoms in total. The van der Waals surface area contributed by atoms with Gasteiger partial charge in [0.2, 0.25) is 0 Å². The summed E-state index contributed by atoms with van der Waals surface area (Å²) >= 11 is 0. The number of nitrogens with two attached hydrogens (primary N) is 2. The Morgan fingerprint density at radius 2 is 1.44 bits per heavy atom. The monoisotopic (exact) mass is 148 g/mol. The molecule has 0 aromatic carbocycles. The normalized spacial score (nSPS) is 14.0. The van der Waals surface area contributed by atoms with Gasteiger partial charge in [0.05, 0.1) is 0 Å². The molecular formula is C2H4F4N2O. The van der Waals surface area contributed by atoms with Gasteiger partial charge in [-0.3, -0.25) is 5.73 Å². The fourth-order valence-electron chi connectivity index (χ4n) is 0.0786. The van der Waals surface area contributed by atoms with Crippen molar-refractivity contribution in [1.82, 2.24) is 0 Å². The fraction of sp³-hybridized carbons (Fsp3) is 1.00. The highest BCUT2D eigenvalue weighted by Gasteiger charge is 2.55. The molecule has 0 rings (SSSR count). The molecule has 0 aliphatic carbocycles. The molecule has 0 unspecified atom stereocenters. The van der Waals surface area contributed by atoms with Gasteiger partial charge in [0.15, 0.2) is 0 Å². The molecule has 0 aliphatic rings. The van der Waals surface area contributed by atoms with Gasteiger partial charge in [0.25, 0.3) is 0 Å². The topological polar surface area (TPSA) is 61.3 Å². The molecule has 0 atom stereocenters. The summed E-state index contributed by atoms with van der Waals surface area (Å²) in [7, 11) is 0. The van der Waals surface area contributed by atoms with Crippen molar-refractivity contribution in [2.75, 3.05) is 0 Å². The van der Waals surface area contributed by atoms with Crippen LogP contribution in [0.4, 0.5) is 17.6 Å². The smallest absolute Gasteiger partial charge is 0.264 e. The maximum Gasteiger partial charge on any atom is 0.449 e. The zero-order valence-electron chi connectivity index (χ0n) is 4.07. The van der Waals surface area contributed by atoms with Crippen molar-refractivity contribution >= 4 is 0 Å². The van der Waals surface area contributed by atoms with Crippen molar-refractivity contribution in [3.05, 3.63) is 0 Å². The van der Waals surface area contributed by atoms with Gasteiger partial charge < -0.3 is 0 Å². The first kappa shape index (κ1) is 8.60. The van der Waals surface area contributed by atoms with Crippen LogP contribution in [0.25, 0.3) is 0 Å². The van der Waals surface area contributed by atoms with Crippen molar-refractivity contribution in [1.29, 1.82) is 0 Å². The summed E-state index contributed by atoms with van der Waals surface area (Å²) in [6.45, 7) is 0. The first-order valence-corrected chi connectivity index (χ1v) is 1.73. The number of hydrogen-bond acceptors (Lipinski definition) is 3. The van der Waals surface area contributed by atoms with Crippen LogP contribution in [0.15, 0.2) is 0 Å². The summed E-state index contributed by atoms with van der Waals surface area (Å²) in [5.41, 5.74) is 3.64. The van der Waals surface area contributed by atoms with Gasteiger partial charge >= 0.3 is 12.2 Å². The van der Waals surface area contributed by atoms with E-state index in [9.17, 15) is 17.6 Å². The standard InChI is InChI=1S/C2H4F4N2O/c3-1(4,7)2(5,6)9-8/h7-8H2. The predicted molar refractivity (Wildman–Crippen MR) is 19.4 cm³/mol. The van der Waals surface area contributed by atoms with Crippen molar-refractivity contribution in [3.63, 3.8) is 0 Å². The molecule has 0 heterocycles. The minimum absolute atomic E-state index is 2.59. The summed E-state index contributed by atoms with van der Waals surface area (Å²) in [5.74, 6) is 3.78. The molecule has 0 fully saturated rings. The Morgan fingerprint density at radius 1 is 1.11 bits per heavy atom. The second kappa shape index (κ2) is 2.09. The molecule has 9 heavy (non-hydrogen) atoms. The van der Waals surface area contributed by atoms with Crippen molar-refractivity contribution in [2.24, 2.45) is 11.6 Å². The molecule has 0 saturated carbocycles. The summed E-state index contributed by atoms with van der Waals surface area (Å²) in [6, 6.07) is -4.73. The Kier molecular flexibility index (Phi) is 1.99. The lowest BCUT2D eigenvalue weighted by Crippen LogP contribution is -2.51. The van der Waals surface area contributed by atoms with Crippen LogP contribution in [-0.2, 0) is 4.84 Å². The van der Waals surface area contributed by atoms with E-state index in [1.54, 1.807) is 0 Å². The van der Waals surface area contributed by atoms with Crippen LogP contribution in [0.5, 0.6) is 0 Å². The predicted octanol–water partition coefficient (Wildman–Crippen LogP) is 0.0210. The van der Waals surface area contributed by atoms with Crippen LogP contribution in [0, 0.1) is 0 Å². The van der Waals surface area contributed by atoms with Gasteiger partial charge in [-0.2, -0.15) is 17.6 Å². The molecule has 0 spiro atoms. The van der Waals surface area contributed by atoms with E-state index in [0.29, 0.717) is 0 Å². The number of halogens is 4. The highest BCUT2D eigenvalue weighted by molar-refractivity contribution is 4.66. The molecule has 0 saturated heterocycles. The third-order valence-electron chi connectivity index (χ3n) is 0.536. The second-order valence-corrected chi connectivity index (χ2v) is 1.26. The first-order valence-electron chi connectivity index (χ1n) is 1.73. The van der Waals surface area contributed by atoms with E-state index in [2.05, 4.69) is 16.5 Å². The Labute approximate surface area is 47.5 Å². The van der Waals surface area contributed by atoms with Gasteiger partial charge in [-0.25, -0.2) is 10.7 Å². The average Bonchev–Trinajstić information content (AvgIpc) is 1.64. The molecule has 0 radical (unpaired) electrons. The molecule has 56 valence electrons. The SMILES string of the molecule is NOC(F)(F)C(N)(F)F. The zero-order valence-corrected chi connectivity index (χ0v) is 4.07. The largest absolute Gasteiger partial charge is 0.449 e. The molecule has 0 bridgehead atoms. The lowest BCUT2D eigenvalue weighted by atomic mass is 10.5. The van der Waals surface area contributed by atoms with Crippen molar-refractivity contribution < 1.29 is 22.4 Å². The van der Waals surface area contributed by atoms with Crippen LogP contribution in [0.3, 0.4) is 0 Å². The maximum absolute atomic E-state index is 11.4. The molecule has 0 aromatic heterocycles. The molecule has 0 aromatic rings. The van der Waals surface area contributed by atoms with E-state index in [1.807, 2.05) is 0 Å². The highest BCUT2D eigenvalue weighted by Crippen LogP contribution is 2.28. The molecule has 4 N–H and O–H groups in total. The lowest BCUT2D eigenvalue weighted by molar-refractivity contribution is -0.348. The van der Waals surface area contributed by atoms with E-state index in [0.717, 1.165) is 0 Å². The number of alkyl halides is 4. The molecule has 0 aliphatic heterocycles. The third kappa shape index (κ3) is 1.77. The fourth-order valence-corrected chi connectivity index (χ4v) is 0.0786. The average molecular weight is 148 g/mol. The van der Waals surface area contributed by atoms with Gasteiger partial charge in [-0.05, 0) is 0 Å². The Morgan fingerprint density at radius 3 is 1.44 bits per heavy atom. The molecule has 7 heteroatoms. The molecule has 0 amide bonds. The third-order valence-corrected chi connectivity index (χ3v) is 0.536. The van der Waals surface area contributed by atoms with E-state index < -0.39 is 12.2 Å². The highest BCUT2D eigenvalue weighted by atomic mass is 19.3. The van der Waals surface area contributed by atoms with Crippen LogP contribution in [0.1, 0.15) is 0 Å². The summed E-state index contributed by atoms with van der Waals surface area (Å²) in [6.07, 6.45) is -4.80. The minimum atomic E-state index is -4.80. The lowest BCUT2D eigenvalue weighted by Gasteiger charge is -2.18. The van der Waals surface area contributed by atoms with Crippen molar-refractivity contribution in [3.8, 4) is 0 Å². The Bertz CT molecular complexity index is 99.2. The van der Waals surface area contributed by atoms with E-state index >= 15 is 0 Å². The first-order chi connectivity index (χ1) is 3.81. The van der Waals surface area contributed by atoms with E-state index in [4.69, 9.17) is 0 Å². The van der Waals surface area contributed by atoms with Crippen molar-refractivity contribution in [2.45, 2.75) is 12.2 Å². The Balaban J connectivity index is 4.14. The van der Waals surface area contributed by atoms with Gasteiger partial charge in [0.1, 0.15) is 0 Å². The maximum atomic E-state index is 11.4. The number of rotatable bonds is 2. The number of hydrogen-bond donors (Lipinski definition) is 2. The van der Waals surface area contributed by atoms with Crippen LogP contribution >= 0.6 is 0 Å². The summed E-state index contributed by atoms with van der Waals surface area (Å²) < 4.78 is 45.5. The van der Waals surface area contributed by atoms with Gasteiger partial charge in [0, 0.05) is 0 Å². The second-order valence-electron chi connectivity index (χ2n) is 1.26. The van der Waals surface area contributed by atoms with E-state index in [1.165, 1.54) is 0 Å². The van der Waals surface area contributed by atoms with Gasteiger partial charge in [-0.15, -0.1) is 0 Å². The summed E-state index contributed by atoms with van der Waals surface area (Å²) in [4.78, 5) is 2.59. The minimum Gasteiger partial charge on any atom is -0.264 e. The van der Waals surface area contributed by atoms with Crippen LogP contribution in [-0.4, -0.2) is 12.2 Å². The van der Waals surface area contributed by atoms with E-state index in [-0.39, 0.29) is 0 Å².